The standard InChI is InChI=1S/C24H23FN2O5S/c1-31-21-12-11-18(25)15-23(21)33(29,30)27-16-22(32-20-10-6-5-9-19(20)27)24(28)26-14-13-17-7-3-2-4-8-17/h2-12,15,22H,13-14,16H2,1H3,(H,26,28)/t22-/m1/s1. The molecule has 4 rings (SSSR count). The van der Waals surface area contributed by atoms with E-state index in [2.05, 4.69) is 5.32 Å². The lowest BCUT2D eigenvalue weighted by Gasteiger charge is -2.35. The predicted octanol–water partition coefficient (Wildman–Crippen LogP) is 3.15. The van der Waals surface area contributed by atoms with Crippen LogP contribution < -0.4 is 19.1 Å². The molecule has 1 atom stereocenters. The number of ether oxygens (including phenoxy) is 2. The van der Waals surface area contributed by atoms with Crippen molar-refractivity contribution in [2.24, 2.45) is 0 Å². The Balaban J connectivity index is 1.59. The molecule has 0 spiro atoms. The van der Waals surface area contributed by atoms with Gasteiger partial charge in [0, 0.05) is 6.54 Å². The van der Waals surface area contributed by atoms with E-state index in [1.54, 1.807) is 24.3 Å². The van der Waals surface area contributed by atoms with Gasteiger partial charge in [0.05, 0.1) is 19.3 Å². The van der Waals surface area contributed by atoms with Gasteiger partial charge in [-0.1, -0.05) is 42.5 Å². The molecule has 0 bridgehead atoms. The Labute approximate surface area is 191 Å². The summed E-state index contributed by atoms with van der Waals surface area (Å²) < 4.78 is 53.0. The Hall–Kier alpha value is -3.59. The number of nitrogens with zero attached hydrogens (tertiary/aromatic N) is 1. The summed E-state index contributed by atoms with van der Waals surface area (Å²) in [6.45, 7) is 0.102. The van der Waals surface area contributed by atoms with Gasteiger partial charge in [0.1, 0.15) is 22.2 Å². The maximum absolute atomic E-state index is 13.9. The van der Waals surface area contributed by atoms with Crippen LogP contribution in [0.25, 0.3) is 0 Å². The summed E-state index contributed by atoms with van der Waals surface area (Å²) in [7, 11) is -2.95. The van der Waals surface area contributed by atoms with Crippen LogP contribution in [-0.2, 0) is 21.2 Å². The van der Waals surface area contributed by atoms with Gasteiger partial charge in [0.25, 0.3) is 15.9 Å². The number of rotatable bonds is 7. The molecule has 1 aliphatic heterocycles. The SMILES string of the molecule is COc1ccc(F)cc1S(=O)(=O)N1C[C@H](C(=O)NCCc2ccccc2)Oc2ccccc21. The molecule has 3 aromatic carbocycles. The number of anilines is 1. The molecule has 0 aliphatic carbocycles. The van der Waals surface area contributed by atoms with E-state index in [-0.39, 0.29) is 28.6 Å². The molecule has 1 N–H and O–H groups in total. The molecular weight excluding hydrogens is 447 g/mol. The average molecular weight is 471 g/mol. The third-order valence-electron chi connectivity index (χ3n) is 5.28. The van der Waals surface area contributed by atoms with Crippen LogP contribution in [0.1, 0.15) is 5.56 Å². The smallest absolute Gasteiger partial charge is 0.268 e. The first kappa shape index (κ1) is 22.6. The molecule has 1 amide bonds. The second-order valence-corrected chi connectivity index (χ2v) is 9.26. The number of fused-ring (bicyclic) bond motifs is 1. The van der Waals surface area contributed by atoms with Gasteiger partial charge in [0.2, 0.25) is 0 Å². The zero-order chi connectivity index (χ0) is 23.4. The lowest BCUT2D eigenvalue weighted by atomic mass is 10.1. The molecule has 0 saturated heterocycles. The molecule has 0 unspecified atom stereocenters. The number of carbonyl (C=O) groups excluding carboxylic acids is 1. The summed E-state index contributed by atoms with van der Waals surface area (Å²) >= 11 is 0. The van der Waals surface area contributed by atoms with E-state index in [0.29, 0.717) is 13.0 Å². The first-order valence-electron chi connectivity index (χ1n) is 10.3. The molecule has 1 heterocycles. The number of methoxy groups -OCH3 is 1. The number of hydrogen-bond donors (Lipinski definition) is 1. The fourth-order valence-electron chi connectivity index (χ4n) is 3.63. The van der Waals surface area contributed by atoms with Crippen molar-refractivity contribution in [1.82, 2.24) is 5.32 Å². The van der Waals surface area contributed by atoms with Crippen molar-refractivity contribution < 1.29 is 27.1 Å². The van der Waals surface area contributed by atoms with Gasteiger partial charge >= 0.3 is 0 Å². The van der Waals surface area contributed by atoms with E-state index in [4.69, 9.17) is 9.47 Å². The third-order valence-corrected chi connectivity index (χ3v) is 7.08. The molecule has 0 saturated carbocycles. The Bertz CT molecular complexity index is 1250. The number of hydrogen-bond acceptors (Lipinski definition) is 5. The highest BCUT2D eigenvalue weighted by molar-refractivity contribution is 7.93. The van der Waals surface area contributed by atoms with Gasteiger partial charge in [-0.15, -0.1) is 0 Å². The van der Waals surface area contributed by atoms with E-state index in [9.17, 15) is 17.6 Å². The fraction of sp³-hybridized carbons (Fsp3) is 0.208. The summed E-state index contributed by atoms with van der Waals surface area (Å²) in [6.07, 6.45) is -0.455. The maximum atomic E-state index is 13.9. The first-order chi connectivity index (χ1) is 15.9. The summed E-state index contributed by atoms with van der Waals surface area (Å²) in [5.74, 6) is -0.909. The minimum atomic E-state index is -4.26. The van der Waals surface area contributed by atoms with E-state index in [1.165, 1.54) is 13.2 Å². The van der Waals surface area contributed by atoms with Crippen molar-refractivity contribution in [2.75, 3.05) is 24.5 Å². The average Bonchev–Trinajstić information content (AvgIpc) is 2.83. The first-order valence-corrected chi connectivity index (χ1v) is 11.8. The normalized spacial score (nSPS) is 15.3. The molecule has 9 heteroatoms. The van der Waals surface area contributed by atoms with Crippen LogP contribution in [0.15, 0.2) is 77.7 Å². The highest BCUT2D eigenvalue weighted by Crippen LogP contribution is 2.38. The molecule has 3 aromatic rings. The molecule has 7 nitrogen and oxygen atoms in total. The van der Waals surface area contributed by atoms with Crippen LogP contribution in [0.2, 0.25) is 0 Å². The monoisotopic (exact) mass is 470 g/mol. The third kappa shape index (κ3) is 4.78. The number of nitrogens with one attached hydrogen (secondary N) is 1. The second-order valence-electron chi connectivity index (χ2n) is 7.43. The Morgan fingerprint density at radius 1 is 1.12 bits per heavy atom. The van der Waals surface area contributed by atoms with Crippen molar-refractivity contribution in [3.63, 3.8) is 0 Å². The number of halogens is 1. The van der Waals surface area contributed by atoms with Gasteiger partial charge in [-0.2, -0.15) is 0 Å². The van der Waals surface area contributed by atoms with Crippen molar-refractivity contribution in [1.29, 1.82) is 0 Å². The zero-order valence-electron chi connectivity index (χ0n) is 17.9. The van der Waals surface area contributed by atoms with Crippen LogP contribution in [0, 0.1) is 5.82 Å². The molecule has 0 radical (unpaired) electrons. The van der Waals surface area contributed by atoms with Crippen LogP contribution in [0.5, 0.6) is 11.5 Å². The maximum Gasteiger partial charge on any atom is 0.268 e. The van der Waals surface area contributed by atoms with Crippen LogP contribution in [0.4, 0.5) is 10.1 Å². The van der Waals surface area contributed by atoms with Gasteiger partial charge in [-0.3, -0.25) is 9.10 Å². The van der Waals surface area contributed by atoms with Gasteiger partial charge < -0.3 is 14.8 Å². The lowest BCUT2D eigenvalue weighted by molar-refractivity contribution is -0.127. The highest BCUT2D eigenvalue weighted by Gasteiger charge is 2.38. The van der Waals surface area contributed by atoms with Crippen LogP contribution >= 0.6 is 0 Å². The van der Waals surface area contributed by atoms with Gasteiger partial charge in [-0.25, -0.2) is 12.8 Å². The van der Waals surface area contributed by atoms with Crippen molar-refractivity contribution in [3.8, 4) is 11.5 Å². The molecule has 172 valence electrons. The Morgan fingerprint density at radius 2 is 1.85 bits per heavy atom. The number of para-hydroxylation sites is 2. The van der Waals surface area contributed by atoms with E-state index < -0.39 is 27.9 Å². The molecule has 0 fully saturated rings. The topological polar surface area (TPSA) is 84.9 Å². The van der Waals surface area contributed by atoms with E-state index in [0.717, 1.165) is 22.0 Å². The van der Waals surface area contributed by atoms with E-state index >= 15 is 0 Å². The molecule has 1 aliphatic rings. The molecule has 0 aromatic heterocycles. The highest BCUT2D eigenvalue weighted by atomic mass is 32.2. The second kappa shape index (κ2) is 9.50. The Kier molecular flexibility index (Phi) is 6.50. The largest absolute Gasteiger partial charge is 0.495 e. The summed E-state index contributed by atoms with van der Waals surface area (Å²) in [5.41, 5.74) is 1.33. The van der Waals surface area contributed by atoms with Gasteiger partial charge in [0.15, 0.2) is 6.10 Å². The number of sulfonamides is 1. The number of benzene rings is 3. The molecular formula is C24H23FN2O5S. The van der Waals surface area contributed by atoms with E-state index in [1.807, 2.05) is 30.3 Å². The summed E-state index contributed by atoms with van der Waals surface area (Å²) in [6, 6.07) is 19.4. The summed E-state index contributed by atoms with van der Waals surface area (Å²) in [4.78, 5) is 12.5. The summed E-state index contributed by atoms with van der Waals surface area (Å²) in [5, 5.41) is 2.80. The lowest BCUT2D eigenvalue weighted by Crippen LogP contribution is -2.51. The van der Waals surface area contributed by atoms with Crippen molar-refractivity contribution in [3.05, 3.63) is 84.2 Å². The minimum Gasteiger partial charge on any atom is -0.495 e. The van der Waals surface area contributed by atoms with Crippen molar-refractivity contribution in [2.45, 2.75) is 17.4 Å². The minimum absolute atomic E-state index is 0.00392. The number of carbonyl (C=O) groups is 1. The van der Waals surface area contributed by atoms with Crippen LogP contribution in [-0.4, -0.2) is 40.6 Å². The predicted molar refractivity (Wildman–Crippen MR) is 121 cm³/mol. The fourth-order valence-corrected chi connectivity index (χ4v) is 5.27. The van der Waals surface area contributed by atoms with Crippen molar-refractivity contribution >= 4 is 21.6 Å². The quantitative estimate of drug-likeness (QED) is 0.574. The Morgan fingerprint density at radius 3 is 2.61 bits per heavy atom. The van der Waals surface area contributed by atoms with Crippen LogP contribution in [0.3, 0.4) is 0 Å². The zero-order valence-corrected chi connectivity index (χ0v) is 18.7. The number of amides is 1. The molecule has 33 heavy (non-hydrogen) atoms. The van der Waals surface area contributed by atoms with Gasteiger partial charge in [-0.05, 0) is 42.3 Å².